The summed E-state index contributed by atoms with van der Waals surface area (Å²) >= 11 is 0. The number of likely N-dealkylation sites (N-methyl/N-ethyl adjacent to an activating group) is 1. The van der Waals surface area contributed by atoms with Crippen LogP contribution in [-0.4, -0.2) is 46.5 Å². The molecule has 0 bridgehead atoms. The molecule has 2 rings (SSSR count). The number of piperidine rings is 1. The Kier molecular flexibility index (Phi) is 3.50. The first-order chi connectivity index (χ1) is 8.65. The number of anilines is 1. The number of likely N-dealkylation sites (tertiary alicyclic amines) is 1. The summed E-state index contributed by atoms with van der Waals surface area (Å²) < 4.78 is 0. The van der Waals surface area contributed by atoms with E-state index in [2.05, 4.69) is 15.5 Å². The summed E-state index contributed by atoms with van der Waals surface area (Å²) in [6.07, 6.45) is 3.93. The van der Waals surface area contributed by atoms with Crippen LogP contribution in [0.5, 0.6) is 0 Å². The number of carbonyl (C=O) groups excluding carboxylic acids is 2. The second-order valence-corrected chi connectivity index (χ2v) is 4.32. The van der Waals surface area contributed by atoms with Gasteiger partial charge in [-0.25, -0.2) is 0 Å². The fourth-order valence-corrected chi connectivity index (χ4v) is 2.24. The monoisotopic (exact) mass is 251 g/mol. The van der Waals surface area contributed by atoms with Gasteiger partial charge >= 0.3 is 0 Å². The third-order valence-electron chi connectivity index (χ3n) is 3.21. The number of H-pyrrole nitrogens is 1. The summed E-state index contributed by atoms with van der Waals surface area (Å²) in [4.78, 5) is 25.7. The predicted molar refractivity (Wildman–Crippen MR) is 65.7 cm³/mol. The van der Waals surface area contributed by atoms with Crippen molar-refractivity contribution in [2.24, 2.45) is 0 Å². The number of carbonyl (C=O) groups is 2. The van der Waals surface area contributed by atoms with Crippen LogP contribution in [0.1, 0.15) is 29.6 Å². The molecule has 7 heteroatoms. The average molecular weight is 251 g/mol. The van der Waals surface area contributed by atoms with E-state index in [1.165, 1.54) is 6.20 Å². The van der Waals surface area contributed by atoms with E-state index in [4.69, 9.17) is 5.73 Å². The number of hydrogen-bond donors (Lipinski definition) is 3. The van der Waals surface area contributed by atoms with Crippen LogP contribution in [0, 0.1) is 0 Å². The van der Waals surface area contributed by atoms with Crippen LogP contribution in [0.15, 0.2) is 6.20 Å². The summed E-state index contributed by atoms with van der Waals surface area (Å²) in [5.74, 6) is -0.138. The van der Waals surface area contributed by atoms with E-state index in [0.29, 0.717) is 18.5 Å². The molecule has 1 aromatic heterocycles. The van der Waals surface area contributed by atoms with Crippen LogP contribution in [0.4, 0.5) is 5.82 Å². The maximum absolute atomic E-state index is 12.3. The molecule has 0 spiro atoms. The van der Waals surface area contributed by atoms with Gasteiger partial charge in [0.15, 0.2) is 0 Å². The summed E-state index contributed by atoms with van der Waals surface area (Å²) in [5, 5.41) is 8.85. The van der Waals surface area contributed by atoms with Crippen LogP contribution >= 0.6 is 0 Å². The molecule has 1 aromatic rings. The number of nitrogens with two attached hydrogens (primary N) is 1. The number of hydrogen-bond acceptors (Lipinski definition) is 4. The zero-order valence-electron chi connectivity index (χ0n) is 10.3. The van der Waals surface area contributed by atoms with Gasteiger partial charge in [0.05, 0.1) is 6.20 Å². The SMILES string of the molecule is CNC(=O)C1CCCCN1C(=O)c1cn[nH]c1N. The highest BCUT2D eigenvalue weighted by Gasteiger charge is 2.33. The molecule has 1 aliphatic heterocycles. The van der Waals surface area contributed by atoms with Crippen LogP contribution in [-0.2, 0) is 4.79 Å². The minimum absolute atomic E-state index is 0.134. The Bertz CT molecular complexity index is 456. The molecule has 2 amide bonds. The molecule has 1 aliphatic rings. The molecular formula is C11H17N5O2. The molecule has 4 N–H and O–H groups in total. The number of aromatic nitrogens is 2. The Balaban J connectivity index is 2.21. The summed E-state index contributed by atoms with van der Waals surface area (Å²) in [6, 6.07) is -0.412. The fourth-order valence-electron chi connectivity index (χ4n) is 2.24. The van der Waals surface area contributed by atoms with Gasteiger partial charge in [-0.3, -0.25) is 14.7 Å². The first kappa shape index (κ1) is 12.4. The first-order valence-corrected chi connectivity index (χ1v) is 5.96. The molecule has 0 aromatic carbocycles. The van der Waals surface area contributed by atoms with Gasteiger partial charge < -0.3 is 16.0 Å². The van der Waals surface area contributed by atoms with Crippen molar-refractivity contribution in [2.75, 3.05) is 19.3 Å². The Labute approximate surface area is 105 Å². The lowest BCUT2D eigenvalue weighted by Crippen LogP contribution is -2.51. The molecule has 0 aliphatic carbocycles. The summed E-state index contributed by atoms with van der Waals surface area (Å²) in [6.45, 7) is 0.571. The van der Waals surface area contributed by atoms with Crippen molar-refractivity contribution in [3.8, 4) is 0 Å². The van der Waals surface area contributed by atoms with Gasteiger partial charge in [-0.2, -0.15) is 5.10 Å². The lowest BCUT2D eigenvalue weighted by atomic mass is 10.0. The van der Waals surface area contributed by atoms with Crippen molar-refractivity contribution >= 4 is 17.6 Å². The number of rotatable bonds is 2. The molecule has 0 saturated carbocycles. The van der Waals surface area contributed by atoms with Crippen molar-refractivity contribution < 1.29 is 9.59 Å². The molecule has 7 nitrogen and oxygen atoms in total. The fraction of sp³-hybridized carbons (Fsp3) is 0.545. The maximum Gasteiger partial charge on any atom is 0.259 e. The van der Waals surface area contributed by atoms with E-state index in [0.717, 1.165) is 12.8 Å². The number of amides is 2. The number of nitrogens with one attached hydrogen (secondary N) is 2. The smallest absolute Gasteiger partial charge is 0.259 e. The van der Waals surface area contributed by atoms with Crippen LogP contribution in [0.25, 0.3) is 0 Å². The number of aromatic amines is 1. The zero-order chi connectivity index (χ0) is 13.1. The molecule has 0 radical (unpaired) electrons. The van der Waals surface area contributed by atoms with Crippen molar-refractivity contribution in [2.45, 2.75) is 25.3 Å². The standard InChI is InChI=1S/C11H17N5O2/c1-13-10(17)8-4-2-3-5-16(8)11(18)7-6-14-15-9(7)12/h6,8H,2-5H2,1H3,(H,13,17)(H3,12,14,15). The van der Waals surface area contributed by atoms with E-state index in [1.54, 1.807) is 11.9 Å². The normalized spacial score (nSPS) is 19.6. The van der Waals surface area contributed by atoms with E-state index in [9.17, 15) is 9.59 Å². The average Bonchev–Trinajstić information content (AvgIpc) is 2.83. The van der Waals surface area contributed by atoms with E-state index < -0.39 is 6.04 Å². The zero-order valence-corrected chi connectivity index (χ0v) is 10.3. The summed E-state index contributed by atoms with van der Waals surface area (Å²) in [7, 11) is 1.58. The van der Waals surface area contributed by atoms with Gasteiger partial charge in [-0.1, -0.05) is 0 Å². The predicted octanol–water partition coefficient (Wildman–Crippen LogP) is -0.267. The molecule has 1 saturated heterocycles. The summed E-state index contributed by atoms with van der Waals surface area (Å²) in [5.41, 5.74) is 5.96. The molecule has 1 fully saturated rings. The van der Waals surface area contributed by atoms with Gasteiger partial charge in [0.2, 0.25) is 5.91 Å². The highest BCUT2D eigenvalue weighted by molar-refractivity contribution is 6.00. The van der Waals surface area contributed by atoms with Crippen molar-refractivity contribution in [3.63, 3.8) is 0 Å². The third kappa shape index (κ3) is 2.15. The second kappa shape index (κ2) is 5.07. The third-order valence-corrected chi connectivity index (χ3v) is 3.21. The van der Waals surface area contributed by atoms with E-state index >= 15 is 0 Å². The number of nitrogens with zero attached hydrogens (tertiary/aromatic N) is 2. The molecule has 1 unspecified atom stereocenters. The molecule has 1 atom stereocenters. The van der Waals surface area contributed by atoms with Crippen molar-refractivity contribution in [1.29, 1.82) is 0 Å². The number of nitrogen functional groups attached to an aromatic ring is 1. The highest BCUT2D eigenvalue weighted by atomic mass is 16.2. The minimum Gasteiger partial charge on any atom is -0.383 e. The van der Waals surface area contributed by atoms with Gasteiger partial charge in [-0.05, 0) is 19.3 Å². The van der Waals surface area contributed by atoms with Gasteiger partial charge in [0.25, 0.3) is 5.91 Å². The van der Waals surface area contributed by atoms with Gasteiger partial charge in [0, 0.05) is 13.6 Å². The Morgan fingerprint density at radius 1 is 1.56 bits per heavy atom. The molecule has 18 heavy (non-hydrogen) atoms. The molecular weight excluding hydrogens is 234 g/mol. The van der Waals surface area contributed by atoms with Crippen LogP contribution in [0.2, 0.25) is 0 Å². The van der Waals surface area contributed by atoms with Crippen LogP contribution < -0.4 is 11.1 Å². The Morgan fingerprint density at radius 3 is 2.94 bits per heavy atom. The minimum atomic E-state index is -0.412. The Hall–Kier alpha value is -2.05. The van der Waals surface area contributed by atoms with Gasteiger partial charge in [0.1, 0.15) is 17.4 Å². The molecule has 2 heterocycles. The second-order valence-electron chi connectivity index (χ2n) is 4.32. The largest absolute Gasteiger partial charge is 0.383 e. The van der Waals surface area contributed by atoms with Crippen LogP contribution in [0.3, 0.4) is 0 Å². The van der Waals surface area contributed by atoms with Crippen molar-refractivity contribution in [3.05, 3.63) is 11.8 Å². The van der Waals surface area contributed by atoms with E-state index in [1.807, 2.05) is 0 Å². The van der Waals surface area contributed by atoms with Gasteiger partial charge in [-0.15, -0.1) is 0 Å². The highest BCUT2D eigenvalue weighted by Crippen LogP contribution is 2.21. The van der Waals surface area contributed by atoms with Crippen molar-refractivity contribution in [1.82, 2.24) is 20.4 Å². The Morgan fingerprint density at radius 2 is 2.33 bits per heavy atom. The van der Waals surface area contributed by atoms with E-state index in [-0.39, 0.29) is 17.6 Å². The maximum atomic E-state index is 12.3. The molecule has 98 valence electrons. The quantitative estimate of drug-likeness (QED) is 0.673. The lowest BCUT2D eigenvalue weighted by molar-refractivity contribution is -0.126. The first-order valence-electron chi connectivity index (χ1n) is 5.96. The lowest BCUT2D eigenvalue weighted by Gasteiger charge is -2.34. The topological polar surface area (TPSA) is 104 Å².